The molecule has 0 spiro atoms. The molecule has 0 fully saturated rings. The number of rotatable bonds is 3. The molecule has 13 heavy (non-hydrogen) atoms. The monoisotopic (exact) mass is 184 g/mol. The van der Waals surface area contributed by atoms with Gasteiger partial charge in [0, 0.05) is 6.20 Å². The lowest BCUT2D eigenvalue weighted by Gasteiger charge is -2.04. The summed E-state index contributed by atoms with van der Waals surface area (Å²) in [5.74, 6) is 1.24. The van der Waals surface area contributed by atoms with E-state index in [0.29, 0.717) is 0 Å². The van der Waals surface area contributed by atoms with Gasteiger partial charge in [0.1, 0.15) is 5.69 Å². The fourth-order valence-corrected chi connectivity index (χ4v) is 1.08. The molecule has 0 aliphatic heterocycles. The molecule has 0 unspecified atom stereocenters. The molecule has 71 valence electrons. The molecule has 0 saturated carbocycles. The predicted molar refractivity (Wildman–Crippen MR) is 47.5 cm³/mol. The van der Waals surface area contributed by atoms with Crippen LogP contribution in [0.3, 0.4) is 0 Å². The largest absolute Gasteiger partial charge is 0.280 e. The van der Waals surface area contributed by atoms with E-state index in [1.54, 1.807) is 6.07 Å². The average Bonchev–Trinajstić information content (AvgIpc) is 2.04. The van der Waals surface area contributed by atoms with Crippen LogP contribution in [0.4, 0.5) is 8.78 Å². The normalized spacial score (nSPS) is 11.2. The summed E-state index contributed by atoms with van der Waals surface area (Å²) in [7, 11) is 0. The van der Waals surface area contributed by atoms with Gasteiger partial charge in [0.2, 0.25) is 0 Å². The van der Waals surface area contributed by atoms with E-state index >= 15 is 0 Å². The van der Waals surface area contributed by atoms with Crippen LogP contribution in [0.25, 0.3) is 0 Å². The van der Waals surface area contributed by atoms with Gasteiger partial charge in [-0.25, -0.2) is 8.78 Å². The first-order valence-electron chi connectivity index (χ1n) is 4.11. The van der Waals surface area contributed by atoms with Crippen molar-refractivity contribution in [3.8, 4) is 0 Å². The molecule has 0 aliphatic rings. The van der Waals surface area contributed by atoms with Gasteiger partial charge in [0.15, 0.2) is 0 Å². The van der Waals surface area contributed by atoms with Crippen LogP contribution in [0, 0.1) is 5.92 Å². The maximum Gasteiger partial charge on any atom is 0.280 e. The Balaban J connectivity index is 2.70. The summed E-state index contributed by atoms with van der Waals surface area (Å²) in [6.45, 7) is 4.00. The quantitative estimate of drug-likeness (QED) is 0.703. The predicted octanol–water partition coefficient (Wildman–Crippen LogP) is 3.18. The van der Waals surface area contributed by atoms with Crippen LogP contribution in [-0.2, 0) is 6.42 Å². The van der Waals surface area contributed by atoms with Crippen LogP contribution in [0.15, 0.2) is 18.3 Å². The van der Waals surface area contributed by atoms with Crippen LogP contribution in [0.5, 0.6) is 0 Å². The number of pyridine rings is 1. The maximum atomic E-state index is 12.1. The van der Waals surface area contributed by atoms with Gasteiger partial charge in [0.25, 0.3) is 6.43 Å². The molecule has 1 radical (unpaired) electrons. The first kappa shape index (κ1) is 10.1. The molecule has 0 aliphatic carbocycles. The zero-order valence-corrected chi connectivity index (χ0v) is 7.72. The fourth-order valence-electron chi connectivity index (χ4n) is 1.08. The minimum absolute atomic E-state index is 0.155. The Morgan fingerprint density at radius 1 is 1.38 bits per heavy atom. The zero-order chi connectivity index (χ0) is 9.84. The van der Waals surface area contributed by atoms with E-state index in [4.69, 9.17) is 0 Å². The maximum absolute atomic E-state index is 12.1. The Morgan fingerprint density at radius 3 is 2.46 bits per heavy atom. The molecule has 0 bridgehead atoms. The van der Waals surface area contributed by atoms with Crippen molar-refractivity contribution >= 4 is 0 Å². The van der Waals surface area contributed by atoms with E-state index in [1.165, 1.54) is 18.2 Å². The highest BCUT2D eigenvalue weighted by Gasteiger charge is 2.07. The second-order valence-corrected chi connectivity index (χ2v) is 3.28. The van der Waals surface area contributed by atoms with Gasteiger partial charge < -0.3 is 0 Å². The lowest BCUT2D eigenvalue weighted by Crippen LogP contribution is -1.95. The topological polar surface area (TPSA) is 12.9 Å². The van der Waals surface area contributed by atoms with E-state index in [-0.39, 0.29) is 5.69 Å². The van der Waals surface area contributed by atoms with Crippen molar-refractivity contribution in [1.82, 2.24) is 4.98 Å². The summed E-state index contributed by atoms with van der Waals surface area (Å²) in [6.07, 6.45) is -0.161. The van der Waals surface area contributed by atoms with Crippen molar-refractivity contribution in [2.75, 3.05) is 0 Å². The second-order valence-electron chi connectivity index (χ2n) is 3.28. The van der Waals surface area contributed by atoms with Crippen molar-refractivity contribution < 1.29 is 8.78 Å². The highest BCUT2D eigenvalue weighted by Crippen LogP contribution is 2.17. The summed E-state index contributed by atoms with van der Waals surface area (Å²) < 4.78 is 24.2. The molecule has 3 heteroatoms. The second kappa shape index (κ2) is 4.30. The van der Waals surface area contributed by atoms with E-state index in [9.17, 15) is 8.78 Å². The smallest absolute Gasteiger partial charge is 0.255 e. The van der Waals surface area contributed by atoms with Crippen molar-refractivity contribution in [3.05, 3.63) is 35.5 Å². The SMILES string of the molecule is C[C](C)Cc1ccc(C(F)F)nc1. The molecule has 1 heterocycles. The number of hydrogen-bond acceptors (Lipinski definition) is 1. The van der Waals surface area contributed by atoms with Gasteiger partial charge in [-0.3, -0.25) is 4.98 Å². The van der Waals surface area contributed by atoms with Crippen LogP contribution in [0.1, 0.15) is 31.5 Å². The van der Waals surface area contributed by atoms with Gasteiger partial charge in [-0.1, -0.05) is 19.9 Å². The molecule has 0 N–H and O–H groups in total. The van der Waals surface area contributed by atoms with Crippen molar-refractivity contribution in [3.63, 3.8) is 0 Å². The lowest BCUT2D eigenvalue weighted by atomic mass is 10.0. The first-order chi connectivity index (χ1) is 6.09. The van der Waals surface area contributed by atoms with E-state index < -0.39 is 6.43 Å². The lowest BCUT2D eigenvalue weighted by molar-refractivity contribution is 0.146. The molecule has 0 saturated heterocycles. The Morgan fingerprint density at radius 2 is 2.08 bits per heavy atom. The van der Waals surface area contributed by atoms with Gasteiger partial charge in [-0.2, -0.15) is 0 Å². The Labute approximate surface area is 76.8 Å². The van der Waals surface area contributed by atoms with Crippen LogP contribution in [0.2, 0.25) is 0 Å². The minimum Gasteiger partial charge on any atom is -0.255 e. The molecule has 1 rings (SSSR count). The highest BCUT2D eigenvalue weighted by molar-refractivity contribution is 5.17. The molecular weight excluding hydrogens is 172 g/mol. The average molecular weight is 184 g/mol. The molecule has 0 amide bonds. The Kier molecular flexibility index (Phi) is 3.34. The Hall–Kier alpha value is -0.990. The summed E-state index contributed by atoms with van der Waals surface area (Å²) in [4.78, 5) is 3.67. The van der Waals surface area contributed by atoms with Crippen LogP contribution >= 0.6 is 0 Å². The van der Waals surface area contributed by atoms with Gasteiger partial charge in [-0.15, -0.1) is 0 Å². The highest BCUT2D eigenvalue weighted by atomic mass is 19.3. The number of alkyl halides is 2. The molecule has 1 nitrogen and oxygen atoms in total. The van der Waals surface area contributed by atoms with Gasteiger partial charge in [-0.05, 0) is 24.0 Å². The van der Waals surface area contributed by atoms with Crippen molar-refractivity contribution in [2.45, 2.75) is 26.7 Å². The summed E-state index contributed by atoms with van der Waals surface area (Å²) in [5.41, 5.74) is 0.821. The minimum atomic E-state index is -2.47. The molecular formula is C10H12F2N. The van der Waals surface area contributed by atoms with Gasteiger partial charge >= 0.3 is 0 Å². The number of hydrogen-bond donors (Lipinski definition) is 0. The molecule has 0 aromatic carbocycles. The number of aromatic nitrogens is 1. The third-order valence-corrected chi connectivity index (χ3v) is 1.63. The Bertz CT molecular complexity index is 254. The first-order valence-corrected chi connectivity index (χ1v) is 4.11. The standard InChI is InChI=1S/C10H12F2N/c1-7(2)5-8-3-4-9(10(11)12)13-6-8/h3-4,6,10H,5H2,1-2H3. The third-order valence-electron chi connectivity index (χ3n) is 1.63. The molecule has 1 aromatic rings. The third kappa shape index (κ3) is 3.09. The van der Waals surface area contributed by atoms with Crippen LogP contribution < -0.4 is 0 Å². The van der Waals surface area contributed by atoms with Crippen molar-refractivity contribution in [2.24, 2.45) is 0 Å². The summed E-state index contributed by atoms with van der Waals surface area (Å²) in [5, 5.41) is 0. The fraction of sp³-hybridized carbons (Fsp3) is 0.400. The van der Waals surface area contributed by atoms with E-state index in [2.05, 4.69) is 4.98 Å². The number of nitrogens with zero attached hydrogens (tertiary/aromatic N) is 1. The number of halogens is 2. The van der Waals surface area contributed by atoms with E-state index in [1.807, 2.05) is 13.8 Å². The van der Waals surface area contributed by atoms with E-state index in [0.717, 1.165) is 12.0 Å². The molecule has 0 atom stereocenters. The van der Waals surface area contributed by atoms with Gasteiger partial charge in [0.05, 0.1) is 0 Å². The molecule has 1 aromatic heterocycles. The summed E-state index contributed by atoms with van der Waals surface area (Å²) >= 11 is 0. The van der Waals surface area contributed by atoms with Crippen LogP contribution in [-0.4, -0.2) is 4.98 Å². The zero-order valence-electron chi connectivity index (χ0n) is 7.72. The summed E-state index contributed by atoms with van der Waals surface area (Å²) in [6, 6.07) is 3.07. The van der Waals surface area contributed by atoms with Crippen molar-refractivity contribution in [1.29, 1.82) is 0 Å².